The SMILES string of the molecule is C=CCN(CC(C)(C)C)C(=O)CCSCC(C)C. The van der Waals surface area contributed by atoms with Gasteiger partial charge in [0.25, 0.3) is 0 Å². The van der Waals surface area contributed by atoms with Crippen molar-refractivity contribution in [3.05, 3.63) is 12.7 Å². The zero-order valence-corrected chi connectivity index (χ0v) is 13.5. The summed E-state index contributed by atoms with van der Waals surface area (Å²) in [5.74, 6) is 3.01. The quantitative estimate of drug-likeness (QED) is 0.494. The van der Waals surface area contributed by atoms with E-state index in [9.17, 15) is 4.79 Å². The highest BCUT2D eigenvalue weighted by atomic mass is 32.2. The maximum atomic E-state index is 12.1. The number of rotatable bonds is 8. The van der Waals surface area contributed by atoms with Gasteiger partial charge >= 0.3 is 0 Å². The third-order valence-electron chi connectivity index (χ3n) is 2.28. The maximum Gasteiger partial charge on any atom is 0.223 e. The number of hydrogen-bond donors (Lipinski definition) is 0. The van der Waals surface area contributed by atoms with Crippen LogP contribution < -0.4 is 0 Å². The highest BCUT2D eigenvalue weighted by molar-refractivity contribution is 7.99. The summed E-state index contributed by atoms with van der Waals surface area (Å²) in [5, 5.41) is 0. The third kappa shape index (κ3) is 9.58. The van der Waals surface area contributed by atoms with Crippen molar-refractivity contribution in [3.63, 3.8) is 0 Å². The van der Waals surface area contributed by atoms with Crippen LogP contribution >= 0.6 is 11.8 Å². The van der Waals surface area contributed by atoms with Crippen molar-refractivity contribution in [2.75, 3.05) is 24.6 Å². The lowest BCUT2D eigenvalue weighted by Gasteiger charge is -2.29. The zero-order valence-electron chi connectivity index (χ0n) is 12.7. The summed E-state index contributed by atoms with van der Waals surface area (Å²) in [5.41, 5.74) is 0.143. The lowest BCUT2D eigenvalue weighted by atomic mass is 9.96. The number of nitrogens with zero attached hydrogens (tertiary/aromatic N) is 1. The molecule has 0 saturated carbocycles. The van der Waals surface area contributed by atoms with Gasteiger partial charge in [-0.1, -0.05) is 40.7 Å². The zero-order chi connectivity index (χ0) is 14.2. The average Bonchev–Trinajstić information content (AvgIpc) is 2.21. The Balaban J connectivity index is 4.10. The van der Waals surface area contributed by atoms with E-state index < -0.39 is 0 Å². The van der Waals surface area contributed by atoms with Crippen molar-refractivity contribution in [2.45, 2.75) is 41.0 Å². The van der Waals surface area contributed by atoms with Crippen LogP contribution in [0.4, 0.5) is 0 Å². The Bertz CT molecular complexity index is 256. The van der Waals surface area contributed by atoms with Gasteiger partial charge in [-0.05, 0) is 17.1 Å². The molecule has 2 nitrogen and oxygen atoms in total. The second-order valence-corrected chi connectivity index (χ2v) is 7.49. The highest BCUT2D eigenvalue weighted by Gasteiger charge is 2.19. The molecular formula is C15H29NOS. The molecule has 0 aliphatic carbocycles. The fourth-order valence-corrected chi connectivity index (χ4v) is 2.58. The van der Waals surface area contributed by atoms with E-state index in [1.165, 1.54) is 0 Å². The minimum absolute atomic E-state index is 0.143. The molecule has 0 rings (SSSR count). The topological polar surface area (TPSA) is 20.3 Å². The summed E-state index contributed by atoms with van der Waals surface area (Å²) in [7, 11) is 0. The van der Waals surface area contributed by atoms with Gasteiger partial charge in [-0.15, -0.1) is 6.58 Å². The Morgan fingerprint density at radius 2 is 2.00 bits per heavy atom. The Labute approximate surface area is 117 Å². The molecule has 0 radical (unpaired) electrons. The van der Waals surface area contributed by atoms with E-state index in [4.69, 9.17) is 0 Å². The first-order valence-corrected chi connectivity index (χ1v) is 7.88. The number of carbonyl (C=O) groups is 1. The van der Waals surface area contributed by atoms with E-state index in [1.54, 1.807) is 0 Å². The van der Waals surface area contributed by atoms with Crippen LogP contribution in [0.3, 0.4) is 0 Å². The van der Waals surface area contributed by atoms with E-state index in [-0.39, 0.29) is 11.3 Å². The predicted octanol–water partition coefficient (Wildman–Crippen LogP) is 3.83. The van der Waals surface area contributed by atoms with Crippen LogP contribution in [0.15, 0.2) is 12.7 Å². The van der Waals surface area contributed by atoms with E-state index in [1.807, 2.05) is 22.7 Å². The fraction of sp³-hybridized carbons (Fsp3) is 0.800. The van der Waals surface area contributed by atoms with Crippen LogP contribution in [-0.4, -0.2) is 35.4 Å². The standard InChI is InChI=1S/C15H29NOS/c1-7-9-16(12-15(4,5)6)14(17)8-10-18-11-13(2)3/h7,13H,1,8-12H2,2-6H3. The molecule has 0 N–H and O–H groups in total. The van der Waals surface area contributed by atoms with Crippen molar-refractivity contribution < 1.29 is 4.79 Å². The summed E-state index contributed by atoms with van der Waals surface area (Å²) < 4.78 is 0. The number of amides is 1. The van der Waals surface area contributed by atoms with E-state index in [0.717, 1.165) is 18.1 Å². The van der Waals surface area contributed by atoms with Crippen molar-refractivity contribution in [1.82, 2.24) is 4.90 Å². The molecule has 0 aromatic heterocycles. The molecule has 0 heterocycles. The Morgan fingerprint density at radius 1 is 1.39 bits per heavy atom. The predicted molar refractivity (Wildman–Crippen MR) is 83.0 cm³/mol. The molecule has 1 amide bonds. The van der Waals surface area contributed by atoms with Crippen molar-refractivity contribution in [1.29, 1.82) is 0 Å². The van der Waals surface area contributed by atoms with Gasteiger partial charge in [0, 0.05) is 25.3 Å². The minimum atomic E-state index is 0.143. The first-order chi connectivity index (χ1) is 8.26. The van der Waals surface area contributed by atoms with Gasteiger partial charge in [-0.2, -0.15) is 11.8 Å². The van der Waals surface area contributed by atoms with Crippen molar-refractivity contribution in [2.24, 2.45) is 11.3 Å². The van der Waals surface area contributed by atoms with E-state index in [0.29, 0.717) is 18.9 Å². The summed E-state index contributed by atoms with van der Waals surface area (Å²) in [6, 6.07) is 0. The molecule has 0 aromatic rings. The Hall–Kier alpha value is -0.440. The molecule has 0 spiro atoms. The van der Waals surface area contributed by atoms with Crippen LogP contribution in [0.5, 0.6) is 0 Å². The smallest absolute Gasteiger partial charge is 0.223 e. The molecule has 0 aliphatic rings. The van der Waals surface area contributed by atoms with Gasteiger partial charge < -0.3 is 4.90 Å². The highest BCUT2D eigenvalue weighted by Crippen LogP contribution is 2.17. The monoisotopic (exact) mass is 271 g/mol. The van der Waals surface area contributed by atoms with Crippen molar-refractivity contribution in [3.8, 4) is 0 Å². The molecule has 0 aromatic carbocycles. The Kier molecular flexibility index (Phi) is 8.41. The van der Waals surface area contributed by atoms with Gasteiger partial charge in [0.2, 0.25) is 5.91 Å². The van der Waals surface area contributed by atoms with Gasteiger partial charge in [-0.25, -0.2) is 0 Å². The van der Waals surface area contributed by atoms with Gasteiger partial charge in [0.1, 0.15) is 0 Å². The molecule has 0 atom stereocenters. The van der Waals surface area contributed by atoms with Gasteiger partial charge in [0.05, 0.1) is 0 Å². The molecule has 0 aliphatic heterocycles. The normalized spacial score (nSPS) is 11.7. The molecule has 0 unspecified atom stereocenters. The van der Waals surface area contributed by atoms with E-state index in [2.05, 4.69) is 41.2 Å². The van der Waals surface area contributed by atoms with Crippen molar-refractivity contribution >= 4 is 17.7 Å². The largest absolute Gasteiger partial charge is 0.338 e. The molecule has 0 fully saturated rings. The molecular weight excluding hydrogens is 242 g/mol. The first kappa shape index (κ1) is 17.6. The van der Waals surface area contributed by atoms with Crippen LogP contribution in [-0.2, 0) is 4.79 Å². The van der Waals surface area contributed by atoms with Gasteiger partial charge in [0.15, 0.2) is 0 Å². The summed E-state index contributed by atoms with van der Waals surface area (Å²) in [6.45, 7) is 16.1. The molecule has 3 heteroatoms. The van der Waals surface area contributed by atoms with Gasteiger partial charge in [-0.3, -0.25) is 4.79 Å². The first-order valence-electron chi connectivity index (χ1n) is 6.72. The lowest BCUT2D eigenvalue weighted by Crippen LogP contribution is -2.38. The van der Waals surface area contributed by atoms with Crippen LogP contribution in [0.25, 0.3) is 0 Å². The molecule has 18 heavy (non-hydrogen) atoms. The summed E-state index contributed by atoms with van der Waals surface area (Å²) in [4.78, 5) is 14.0. The van der Waals surface area contributed by atoms with Crippen LogP contribution in [0.2, 0.25) is 0 Å². The third-order valence-corrected chi connectivity index (χ3v) is 3.67. The average molecular weight is 271 g/mol. The molecule has 0 saturated heterocycles. The second-order valence-electron chi connectivity index (χ2n) is 6.34. The van der Waals surface area contributed by atoms with Crippen LogP contribution in [0, 0.1) is 11.3 Å². The lowest BCUT2D eigenvalue weighted by molar-refractivity contribution is -0.131. The van der Waals surface area contributed by atoms with E-state index >= 15 is 0 Å². The number of hydrogen-bond acceptors (Lipinski definition) is 2. The molecule has 0 bridgehead atoms. The molecule has 106 valence electrons. The number of thioether (sulfide) groups is 1. The summed E-state index contributed by atoms with van der Waals surface area (Å²) >= 11 is 1.87. The number of carbonyl (C=O) groups excluding carboxylic acids is 1. The second kappa shape index (κ2) is 8.63. The summed E-state index contributed by atoms with van der Waals surface area (Å²) in [6.07, 6.45) is 2.45. The maximum absolute atomic E-state index is 12.1. The van der Waals surface area contributed by atoms with Crippen LogP contribution in [0.1, 0.15) is 41.0 Å². The fourth-order valence-electron chi connectivity index (χ4n) is 1.62. The minimum Gasteiger partial charge on any atom is -0.338 e. The Morgan fingerprint density at radius 3 is 2.44 bits per heavy atom.